The molecule has 0 aliphatic carbocycles. The zero-order chi connectivity index (χ0) is 13.8. The predicted octanol–water partition coefficient (Wildman–Crippen LogP) is 1.62. The highest BCUT2D eigenvalue weighted by atomic mass is 16.2. The van der Waals surface area contributed by atoms with Gasteiger partial charge in [-0.1, -0.05) is 0 Å². The first-order valence-corrected chi connectivity index (χ1v) is 6.47. The van der Waals surface area contributed by atoms with Crippen LogP contribution in [0.5, 0.6) is 0 Å². The number of aromatic nitrogens is 2. The Labute approximate surface area is 116 Å². The fourth-order valence-corrected chi connectivity index (χ4v) is 2.09. The molecule has 6 nitrogen and oxygen atoms in total. The van der Waals surface area contributed by atoms with Gasteiger partial charge in [0.1, 0.15) is 6.33 Å². The Morgan fingerprint density at radius 2 is 2.10 bits per heavy atom. The molecule has 1 aliphatic rings. The molecular formula is C14H15N5O. The smallest absolute Gasteiger partial charge is 0.321 e. The molecule has 1 aromatic heterocycles. The second-order valence-electron chi connectivity index (χ2n) is 4.48. The molecular weight excluding hydrogens is 254 g/mol. The molecule has 2 heterocycles. The van der Waals surface area contributed by atoms with Gasteiger partial charge in [-0.15, -0.1) is 0 Å². The monoisotopic (exact) mass is 269 g/mol. The van der Waals surface area contributed by atoms with Crippen LogP contribution in [0.2, 0.25) is 0 Å². The fraction of sp³-hybridized carbons (Fsp3) is 0.214. The van der Waals surface area contributed by atoms with Gasteiger partial charge in [-0.2, -0.15) is 0 Å². The molecule has 0 radical (unpaired) electrons. The molecule has 0 saturated carbocycles. The van der Waals surface area contributed by atoms with Crippen molar-refractivity contribution in [1.29, 1.82) is 0 Å². The zero-order valence-electron chi connectivity index (χ0n) is 10.9. The van der Waals surface area contributed by atoms with Gasteiger partial charge < -0.3 is 10.6 Å². The van der Waals surface area contributed by atoms with E-state index < -0.39 is 0 Å². The third kappa shape index (κ3) is 2.69. The maximum absolute atomic E-state index is 11.6. The quantitative estimate of drug-likeness (QED) is 0.885. The molecule has 6 heteroatoms. The maximum Gasteiger partial charge on any atom is 0.321 e. The van der Waals surface area contributed by atoms with E-state index in [-0.39, 0.29) is 6.03 Å². The summed E-state index contributed by atoms with van der Waals surface area (Å²) in [7, 11) is 0. The number of carbonyl (C=O) groups is 1. The van der Waals surface area contributed by atoms with E-state index in [4.69, 9.17) is 0 Å². The second kappa shape index (κ2) is 5.56. The van der Waals surface area contributed by atoms with Gasteiger partial charge in [0, 0.05) is 30.7 Å². The van der Waals surface area contributed by atoms with Crippen LogP contribution in [0, 0.1) is 0 Å². The van der Waals surface area contributed by atoms with E-state index >= 15 is 0 Å². The lowest BCUT2D eigenvalue weighted by Gasteiger charge is -2.14. The number of urea groups is 1. The van der Waals surface area contributed by atoms with Gasteiger partial charge in [0.05, 0.1) is 12.2 Å². The summed E-state index contributed by atoms with van der Waals surface area (Å²) in [6.45, 7) is 2.06. The Bertz CT molecular complexity index is 584. The lowest BCUT2D eigenvalue weighted by molar-refractivity contribution is 0.252. The number of anilines is 2. The molecule has 3 rings (SSSR count). The lowest BCUT2D eigenvalue weighted by atomic mass is 10.2. The lowest BCUT2D eigenvalue weighted by Crippen LogP contribution is -2.27. The summed E-state index contributed by atoms with van der Waals surface area (Å²) in [4.78, 5) is 21.3. The molecule has 1 fully saturated rings. The van der Waals surface area contributed by atoms with Crippen molar-refractivity contribution < 1.29 is 4.79 Å². The largest absolute Gasteiger partial charge is 0.379 e. The summed E-state index contributed by atoms with van der Waals surface area (Å²) < 4.78 is 0. The minimum atomic E-state index is -0.0355. The Morgan fingerprint density at radius 1 is 1.25 bits per heavy atom. The van der Waals surface area contributed by atoms with Gasteiger partial charge in [0.15, 0.2) is 0 Å². The van der Waals surface area contributed by atoms with E-state index in [1.165, 1.54) is 6.33 Å². The van der Waals surface area contributed by atoms with Crippen molar-refractivity contribution in [3.05, 3.63) is 48.5 Å². The van der Waals surface area contributed by atoms with Crippen LogP contribution in [-0.2, 0) is 6.54 Å². The van der Waals surface area contributed by atoms with Crippen LogP contribution in [0.3, 0.4) is 0 Å². The highest BCUT2D eigenvalue weighted by molar-refractivity contribution is 5.94. The highest BCUT2D eigenvalue weighted by Crippen LogP contribution is 2.19. The topological polar surface area (TPSA) is 70.2 Å². The standard InChI is InChI=1S/C14H15N5O/c20-14-16-7-8-19(14)13-3-1-11(2-4-13)17-9-12-5-6-15-10-18-12/h1-6,10,17H,7-9H2,(H,16,20). The third-order valence-electron chi connectivity index (χ3n) is 3.15. The predicted molar refractivity (Wildman–Crippen MR) is 76.5 cm³/mol. The second-order valence-corrected chi connectivity index (χ2v) is 4.48. The summed E-state index contributed by atoms with van der Waals surface area (Å²) in [6.07, 6.45) is 3.26. The van der Waals surface area contributed by atoms with E-state index in [0.717, 1.165) is 17.1 Å². The van der Waals surface area contributed by atoms with E-state index in [0.29, 0.717) is 19.6 Å². The van der Waals surface area contributed by atoms with Gasteiger partial charge in [0.25, 0.3) is 0 Å². The van der Waals surface area contributed by atoms with Crippen molar-refractivity contribution in [2.75, 3.05) is 23.3 Å². The van der Waals surface area contributed by atoms with Crippen molar-refractivity contribution in [2.24, 2.45) is 0 Å². The molecule has 2 N–H and O–H groups in total. The molecule has 20 heavy (non-hydrogen) atoms. The molecule has 1 saturated heterocycles. The van der Waals surface area contributed by atoms with Crippen LogP contribution in [0.4, 0.5) is 16.2 Å². The van der Waals surface area contributed by atoms with Crippen LogP contribution >= 0.6 is 0 Å². The Kier molecular flexibility index (Phi) is 3.45. The number of benzene rings is 1. The molecule has 1 aromatic carbocycles. The molecule has 2 aromatic rings. The molecule has 0 spiro atoms. The van der Waals surface area contributed by atoms with E-state index in [1.807, 2.05) is 30.3 Å². The van der Waals surface area contributed by atoms with Gasteiger partial charge in [0.2, 0.25) is 0 Å². The first-order valence-electron chi connectivity index (χ1n) is 6.47. The van der Waals surface area contributed by atoms with Crippen LogP contribution in [0.1, 0.15) is 5.69 Å². The molecule has 102 valence electrons. The van der Waals surface area contributed by atoms with Crippen molar-refractivity contribution in [3.8, 4) is 0 Å². The first kappa shape index (κ1) is 12.4. The number of nitrogens with zero attached hydrogens (tertiary/aromatic N) is 3. The van der Waals surface area contributed by atoms with Gasteiger partial charge in [-0.05, 0) is 30.3 Å². The SMILES string of the molecule is O=C1NCCN1c1ccc(NCc2ccncn2)cc1. The zero-order valence-corrected chi connectivity index (χ0v) is 10.9. The summed E-state index contributed by atoms with van der Waals surface area (Å²) in [5.74, 6) is 0. The molecule has 2 amide bonds. The average molecular weight is 269 g/mol. The Hall–Kier alpha value is -2.63. The molecule has 1 aliphatic heterocycles. The number of nitrogens with one attached hydrogen (secondary N) is 2. The number of hydrogen-bond acceptors (Lipinski definition) is 4. The fourth-order valence-electron chi connectivity index (χ4n) is 2.09. The van der Waals surface area contributed by atoms with Crippen molar-refractivity contribution in [1.82, 2.24) is 15.3 Å². The molecule has 0 unspecified atom stereocenters. The Balaban J connectivity index is 1.63. The van der Waals surface area contributed by atoms with Gasteiger partial charge in [-0.25, -0.2) is 14.8 Å². The minimum absolute atomic E-state index is 0.0355. The van der Waals surface area contributed by atoms with Crippen molar-refractivity contribution >= 4 is 17.4 Å². The Morgan fingerprint density at radius 3 is 2.75 bits per heavy atom. The number of hydrogen-bond donors (Lipinski definition) is 2. The van der Waals surface area contributed by atoms with Crippen molar-refractivity contribution in [2.45, 2.75) is 6.54 Å². The average Bonchev–Trinajstić information content (AvgIpc) is 2.93. The normalized spacial score (nSPS) is 14.2. The maximum atomic E-state index is 11.6. The first-order chi connectivity index (χ1) is 9.83. The van der Waals surface area contributed by atoms with E-state index in [9.17, 15) is 4.79 Å². The van der Waals surface area contributed by atoms with Crippen LogP contribution in [-0.4, -0.2) is 29.1 Å². The third-order valence-corrected chi connectivity index (χ3v) is 3.15. The van der Waals surface area contributed by atoms with Crippen molar-refractivity contribution in [3.63, 3.8) is 0 Å². The van der Waals surface area contributed by atoms with Gasteiger partial charge >= 0.3 is 6.03 Å². The minimum Gasteiger partial charge on any atom is -0.379 e. The van der Waals surface area contributed by atoms with E-state index in [2.05, 4.69) is 20.6 Å². The summed E-state index contributed by atoms with van der Waals surface area (Å²) in [5.41, 5.74) is 2.84. The van der Waals surface area contributed by atoms with E-state index in [1.54, 1.807) is 11.1 Å². The van der Waals surface area contributed by atoms with Crippen LogP contribution in [0.15, 0.2) is 42.9 Å². The summed E-state index contributed by atoms with van der Waals surface area (Å²) >= 11 is 0. The summed E-state index contributed by atoms with van der Waals surface area (Å²) in [6, 6.07) is 9.63. The molecule has 0 bridgehead atoms. The van der Waals surface area contributed by atoms with Gasteiger partial charge in [-0.3, -0.25) is 4.90 Å². The molecule has 0 atom stereocenters. The number of carbonyl (C=O) groups excluding carboxylic acids is 1. The summed E-state index contributed by atoms with van der Waals surface area (Å²) in [5, 5.41) is 6.07. The van der Waals surface area contributed by atoms with Crippen LogP contribution in [0.25, 0.3) is 0 Å². The van der Waals surface area contributed by atoms with Crippen LogP contribution < -0.4 is 15.5 Å². The highest BCUT2D eigenvalue weighted by Gasteiger charge is 2.20. The number of rotatable bonds is 4. The number of amides is 2.